The summed E-state index contributed by atoms with van der Waals surface area (Å²) < 4.78 is 28.3. The van der Waals surface area contributed by atoms with Gasteiger partial charge in [-0.25, -0.2) is 8.42 Å². The molecule has 0 saturated carbocycles. The van der Waals surface area contributed by atoms with Crippen molar-refractivity contribution in [2.75, 3.05) is 0 Å². The number of sulfone groups is 1. The molecule has 1 aromatic heterocycles. The molecule has 0 fully saturated rings. The van der Waals surface area contributed by atoms with Gasteiger partial charge >= 0.3 is 0 Å². The van der Waals surface area contributed by atoms with Crippen LogP contribution in [0.2, 0.25) is 0 Å². The van der Waals surface area contributed by atoms with Crippen LogP contribution in [0.1, 0.15) is 37.6 Å². The summed E-state index contributed by atoms with van der Waals surface area (Å²) in [6, 6.07) is 12.5. The second kappa shape index (κ2) is 6.83. The van der Waals surface area contributed by atoms with Gasteiger partial charge in [0.05, 0.1) is 9.79 Å². The fraction of sp³-hybridized carbons (Fsp3) is 0.348. The van der Waals surface area contributed by atoms with E-state index in [1.807, 2.05) is 38.2 Å². The largest absolute Gasteiger partial charge is 0.348 e. The Kier molecular flexibility index (Phi) is 4.98. The van der Waals surface area contributed by atoms with Crippen molar-refractivity contribution in [2.45, 2.75) is 50.8 Å². The van der Waals surface area contributed by atoms with Gasteiger partial charge in [-0.15, -0.1) is 0 Å². The van der Waals surface area contributed by atoms with Crippen molar-refractivity contribution in [3.8, 4) is 0 Å². The van der Waals surface area contributed by atoms with Crippen LogP contribution >= 0.6 is 0 Å². The molecule has 2 aromatic carbocycles. The number of fused-ring (bicyclic) bond motifs is 1. The Bertz CT molecular complexity index is 1080. The summed E-state index contributed by atoms with van der Waals surface area (Å²) in [5.41, 5.74) is 4.59. The van der Waals surface area contributed by atoms with Gasteiger partial charge in [0, 0.05) is 23.6 Å². The third-order valence-electron chi connectivity index (χ3n) is 5.15. The predicted molar refractivity (Wildman–Crippen MR) is 112 cm³/mol. The lowest BCUT2D eigenvalue weighted by Gasteiger charge is -2.17. The number of aromatic nitrogens is 1. The Labute approximate surface area is 162 Å². The highest BCUT2D eigenvalue weighted by molar-refractivity contribution is 7.91. The summed E-state index contributed by atoms with van der Waals surface area (Å²) in [5.74, 6) is 0. The number of benzene rings is 2. The first-order valence-corrected chi connectivity index (χ1v) is 10.7. The van der Waals surface area contributed by atoms with Crippen LogP contribution in [0.4, 0.5) is 0 Å². The van der Waals surface area contributed by atoms with Crippen LogP contribution in [0.5, 0.6) is 0 Å². The molecule has 0 aliphatic rings. The van der Waals surface area contributed by atoms with Gasteiger partial charge in [-0.2, -0.15) is 0 Å². The minimum absolute atomic E-state index is 0.111. The van der Waals surface area contributed by atoms with E-state index in [4.69, 9.17) is 0 Å². The highest BCUT2D eigenvalue weighted by Gasteiger charge is 2.21. The summed E-state index contributed by atoms with van der Waals surface area (Å²) in [4.78, 5) is 0.685. The number of hydrogen-bond donors (Lipinski definition) is 0. The highest BCUT2D eigenvalue weighted by atomic mass is 32.2. The number of nitrogens with zero attached hydrogens (tertiary/aromatic N) is 1. The van der Waals surface area contributed by atoms with Crippen LogP contribution in [0.3, 0.4) is 0 Å². The van der Waals surface area contributed by atoms with Crippen molar-refractivity contribution >= 4 is 20.7 Å². The highest BCUT2D eigenvalue weighted by Crippen LogP contribution is 2.32. The van der Waals surface area contributed by atoms with Crippen molar-refractivity contribution < 1.29 is 8.42 Å². The zero-order valence-corrected chi connectivity index (χ0v) is 17.8. The van der Waals surface area contributed by atoms with Crippen molar-refractivity contribution in [3.05, 3.63) is 65.7 Å². The third-order valence-corrected chi connectivity index (χ3v) is 6.92. The second-order valence-corrected chi connectivity index (χ2v) is 10.3. The Morgan fingerprint density at radius 1 is 0.963 bits per heavy atom. The van der Waals surface area contributed by atoms with E-state index in [0.29, 0.717) is 9.79 Å². The van der Waals surface area contributed by atoms with E-state index in [0.717, 1.165) is 22.9 Å². The molecule has 3 rings (SSSR count). The lowest BCUT2D eigenvalue weighted by atomic mass is 9.88. The van der Waals surface area contributed by atoms with Gasteiger partial charge in [-0.05, 0) is 68.0 Å². The molecule has 143 valence electrons. The van der Waals surface area contributed by atoms with Crippen LogP contribution in [0, 0.1) is 25.7 Å². The van der Waals surface area contributed by atoms with E-state index >= 15 is 0 Å². The smallest absolute Gasteiger partial charge is 0.206 e. The molecule has 3 nitrogen and oxygen atoms in total. The van der Waals surface area contributed by atoms with E-state index in [-0.39, 0.29) is 5.41 Å². The lowest BCUT2D eigenvalue weighted by Crippen LogP contribution is -2.08. The Hall–Kier alpha value is -2.07. The van der Waals surface area contributed by atoms with Crippen molar-refractivity contribution in [1.82, 2.24) is 4.57 Å². The first-order valence-electron chi connectivity index (χ1n) is 9.25. The molecule has 0 aliphatic carbocycles. The Balaban J connectivity index is 2.12. The first kappa shape index (κ1) is 19.7. The molecule has 0 bridgehead atoms. The number of hydrogen-bond acceptors (Lipinski definition) is 2. The van der Waals surface area contributed by atoms with E-state index in [1.165, 1.54) is 11.3 Å². The zero-order valence-electron chi connectivity index (χ0n) is 17.0. The van der Waals surface area contributed by atoms with E-state index in [2.05, 4.69) is 38.7 Å². The maximum atomic E-state index is 13.1. The predicted octanol–water partition coefficient (Wildman–Crippen LogP) is 5.42. The summed E-state index contributed by atoms with van der Waals surface area (Å²) in [6.07, 6.45) is 3.11. The van der Waals surface area contributed by atoms with Crippen molar-refractivity contribution in [1.29, 1.82) is 0 Å². The maximum absolute atomic E-state index is 13.1. The molecule has 0 atom stereocenters. The summed E-state index contributed by atoms with van der Waals surface area (Å²) in [6.45, 7) is 10.6. The lowest BCUT2D eigenvalue weighted by molar-refractivity contribution is 0.483. The molecule has 0 spiro atoms. The van der Waals surface area contributed by atoms with Gasteiger partial charge in [0.25, 0.3) is 0 Å². The molecular formula is C23H28NO2S. The van der Waals surface area contributed by atoms with E-state index in [9.17, 15) is 8.42 Å². The van der Waals surface area contributed by atoms with Gasteiger partial charge < -0.3 is 4.57 Å². The average Bonchev–Trinajstić information content (AvgIpc) is 2.83. The number of aryl methyl sites for hydroxylation is 2. The van der Waals surface area contributed by atoms with Gasteiger partial charge in [-0.3, -0.25) is 0 Å². The zero-order chi connectivity index (χ0) is 20.0. The van der Waals surface area contributed by atoms with Crippen LogP contribution in [-0.2, 0) is 23.3 Å². The van der Waals surface area contributed by atoms with Crippen molar-refractivity contribution in [2.24, 2.45) is 12.5 Å². The molecule has 0 N–H and O–H groups in total. The molecular weight excluding hydrogens is 354 g/mol. The van der Waals surface area contributed by atoms with Gasteiger partial charge in [0.2, 0.25) is 9.84 Å². The second-order valence-electron chi connectivity index (χ2n) is 8.39. The molecule has 0 aliphatic heterocycles. The van der Waals surface area contributed by atoms with Gasteiger partial charge in [-0.1, -0.05) is 38.5 Å². The molecule has 1 heterocycles. The summed E-state index contributed by atoms with van der Waals surface area (Å²) in [5, 5.41) is 1.02. The topological polar surface area (TPSA) is 39.1 Å². The SMILES string of the molecule is Cc1ccc(S(=O)(=O)c2ccc3c(c2)c(C[CH]C(C)(C)C)c(C)n3C)cc1. The minimum Gasteiger partial charge on any atom is -0.348 e. The minimum atomic E-state index is -3.53. The van der Waals surface area contributed by atoms with E-state index < -0.39 is 9.84 Å². The van der Waals surface area contributed by atoms with Crippen LogP contribution in [0.15, 0.2) is 52.3 Å². The van der Waals surface area contributed by atoms with Crippen molar-refractivity contribution in [3.63, 3.8) is 0 Å². The normalized spacial score (nSPS) is 12.7. The maximum Gasteiger partial charge on any atom is 0.206 e. The monoisotopic (exact) mass is 382 g/mol. The Morgan fingerprint density at radius 2 is 1.56 bits per heavy atom. The summed E-state index contributed by atoms with van der Waals surface area (Å²) in [7, 11) is -1.50. The molecule has 1 radical (unpaired) electrons. The average molecular weight is 383 g/mol. The van der Waals surface area contributed by atoms with Gasteiger partial charge in [0.15, 0.2) is 0 Å². The first-order chi connectivity index (χ1) is 12.5. The molecule has 4 heteroatoms. The number of rotatable bonds is 4. The quantitative estimate of drug-likeness (QED) is 0.604. The molecule has 0 amide bonds. The molecule has 0 saturated heterocycles. The van der Waals surface area contributed by atoms with Gasteiger partial charge in [0.1, 0.15) is 0 Å². The van der Waals surface area contributed by atoms with E-state index in [1.54, 1.807) is 18.2 Å². The van der Waals surface area contributed by atoms with Crippen LogP contribution < -0.4 is 0 Å². The molecule has 3 aromatic rings. The fourth-order valence-corrected chi connectivity index (χ4v) is 4.60. The molecule has 0 unspecified atom stereocenters. The third kappa shape index (κ3) is 3.81. The standard InChI is InChI=1S/C23H28NO2S/c1-16-7-9-18(10-8-16)27(25,26)19-11-12-22-21(15-19)20(17(2)24(22)6)13-14-23(3,4)5/h7-12,14-15H,13H2,1-6H3. The van der Waals surface area contributed by atoms with Crippen LogP contribution in [0.25, 0.3) is 10.9 Å². The molecule has 27 heavy (non-hydrogen) atoms. The van der Waals surface area contributed by atoms with Crippen LogP contribution in [-0.4, -0.2) is 13.0 Å². The fourth-order valence-electron chi connectivity index (χ4n) is 3.31. The summed E-state index contributed by atoms with van der Waals surface area (Å²) >= 11 is 0. The Morgan fingerprint density at radius 3 is 2.15 bits per heavy atom.